The molecule has 0 amide bonds. The summed E-state index contributed by atoms with van der Waals surface area (Å²) in [4.78, 5) is 12.2. The lowest BCUT2D eigenvalue weighted by Gasteiger charge is -2.44. The van der Waals surface area contributed by atoms with E-state index in [0.29, 0.717) is 18.8 Å². The Labute approximate surface area is 98.4 Å². The van der Waals surface area contributed by atoms with E-state index in [1.165, 1.54) is 6.42 Å². The van der Waals surface area contributed by atoms with Crippen molar-refractivity contribution in [3.05, 3.63) is 0 Å². The van der Waals surface area contributed by atoms with E-state index in [4.69, 9.17) is 0 Å². The predicted octanol–water partition coefficient (Wildman–Crippen LogP) is 2.93. The van der Waals surface area contributed by atoms with E-state index in [0.717, 1.165) is 12.8 Å². The highest BCUT2D eigenvalue weighted by atomic mass is 16.3. The average molecular weight is 224 g/mol. The van der Waals surface area contributed by atoms with Crippen LogP contribution in [0.1, 0.15) is 59.8 Å². The first kappa shape index (κ1) is 12.1. The summed E-state index contributed by atoms with van der Waals surface area (Å²) in [6.45, 7) is 8.57. The first-order valence-corrected chi connectivity index (χ1v) is 6.55. The zero-order valence-corrected chi connectivity index (χ0v) is 11.0. The monoisotopic (exact) mass is 224 g/mol. The van der Waals surface area contributed by atoms with Gasteiger partial charge in [-0.05, 0) is 37.0 Å². The van der Waals surface area contributed by atoms with Gasteiger partial charge in [-0.15, -0.1) is 0 Å². The third-order valence-electron chi connectivity index (χ3n) is 5.83. The van der Waals surface area contributed by atoms with Gasteiger partial charge in [0, 0.05) is 11.8 Å². The lowest BCUT2D eigenvalue weighted by atomic mass is 9.63. The second-order valence-electron chi connectivity index (χ2n) is 6.53. The zero-order valence-electron chi connectivity index (χ0n) is 11.0. The molecule has 0 aromatic rings. The highest BCUT2D eigenvalue weighted by Gasteiger charge is 2.70. The molecule has 0 spiro atoms. The Morgan fingerprint density at radius 3 is 2.38 bits per heavy atom. The van der Waals surface area contributed by atoms with Crippen LogP contribution in [-0.4, -0.2) is 16.5 Å². The fourth-order valence-electron chi connectivity index (χ4n) is 4.13. The first-order chi connectivity index (χ1) is 7.29. The Bertz CT molecular complexity index is 321. The molecule has 0 aromatic heterocycles. The maximum Gasteiger partial charge on any atom is 0.164 e. The number of carbonyl (C=O) groups is 1. The van der Waals surface area contributed by atoms with E-state index in [-0.39, 0.29) is 16.6 Å². The van der Waals surface area contributed by atoms with Gasteiger partial charge < -0.3 is 5.11 Å². The Balaban J connectivity index is 2.36. The van der Waals surface area contributed by atoms with Gasteiger partial charge >= 0.3 is 0 Å². The van der Waals surface area contributed by atoms with Gasteiger partial charge in [0.25, 0.3) is 0 Å². The molecule has 2 saturated carbocycles. The molecule has 2 heteroatoms. The molecule has 3 atom stereocenters. The maximum absolute atomic E-state index is 12.2. The summed E-state index contributed by atoms with van der Waals surface area (Å²) in [6.07, 6.45) is 4.22. The van der Waals surface area contributed by atoms with Gasteiger partial charge in [-0.3, -0.25) is 4.79 Å². The van der Waals surface area contributed by atoms with Crippen molar-refractivity contribution in [2.75, 3.05) is 0 Å². The van der Waals surface area contributed by atoms with Crippen molar-refractivity contribution < 1.29 is 9.90 Å². The maximum atomic E-state index is 12.2. The Morgan fingerprint density at radius 1 is 1.38 bits per heavy atom. The molecule has 0 saturated heterocycles. The van der Waals surface area contributed by atoms with Crippen molar-refractivity contribution >= 4 is 5.78 Å². The van der Waals surface area contributed by atoms with Crippen LogP contribution in [0.15, 0.2) is 0 Å². The number of aliphatic hydroxyl groups is 1. The van der Waals surface area contributed by atoms with Crippen molar-refractivity contribution in [3.8, 4) is 0 Å². The second-order valence-corrected chi connectivity index (χ2v) is 6.53. The molecule has 2 fully saturated rings. The lowest BCUT2D eigenvalue weighted by molar-refractivity contribution is -0.155. The molecule has 1 N–H and O–H groups in total. The summed E-state index contributed by atoms with van der Waals surface area (Å²) in [5.74, 6) is 0.594. The minimum atomic E-state index is -1.05. The summed E-state index contributed by atoms with van der Waals surface area (Å²) >= 11 is 0. The number of rotatable bonds is 3. The zero-order chi connectivity index (χ0) is 12.2. The lowest BCUT2D eigenvalue weighted by Crippen LogP contribution is -2.52. The highest BCUT2D eigenvalue weighted by molar-refractivity contribution is 5.89. The van der Waals surface area contributed by atoms with Gasteiger partial charge in [0.1, 0.15) is 5.60 Å². The number of hydrogen-bond donors (Lipinski definition) is 1. The fraction of sp³-hybridized carbons (Fsp3) is 0.929. The van der Waals surface area contributed by atoms with Crippen LogP contribution in [0.2, 0.25) is 0 Å². The molecule has 2 rings (SSSR count). The molecule has 0 aromatic carbocycles. The van der Waals surface area contributed by atoms with Crippen molar-refractivity contribution in [1.82, 2.24) is 0 Å². The van der Waals surface area contributed by atoms with Crippen LogP contribution in [0.5, 0.6) is 0 Å². The minimum absolute atomic E-state index is 0.0766. The van der Waals surface area contributed by atoms with Crippen molar-refractivity contribution in [1.29, 1.82) is 0 Å². The number of ketones is 1. The van der Waals surface area contributed by atoms with Crippen LogP contribution in [0.25, 0.3) is 0 Å². The van der Waals surface area contributed by atoms with Crippen LogP contribution >= 0.6 is 0 Å². The summed E-state index contributed by atoms with van der Waals surface area (Å²) in [6, 6.07) is 0. The van der Waals surface area contributed by atoms with E-state index < -0.39 is 5.60 Å². The van der Waals surface area contributed by atoms with Gasteiger partial charge in [0.15, 0.2) is 5.78 Å². The smallest absolute Gasteiger partial charge is 0.164 e. The van der Waals surface area contributed by atoms with Gasteiger partial charge in [-0.1, -0.05) is 27.7 Å². The highest BCUT2D eigenvalue weighted by Crippen LogP contribution is 2.69. The average Bonchev–Trinajstić information content (AvgIpc) is 2.50. The SMILES string of the molecule is CCCC(=O)[C@@]1(O)C[C@H]2CC[C@]1(C)C2(C)C. The van der Waals surface area contributed by atoms with Gasteiger partial charge in [0.05, 0.1) is 0 Å². The topological polar surface area (TPSA) is 37.3 Å². The molecule has 92 valence electrons. The number of Topliss-reactive ketones (excluding diaryl/α,β-unsaturated/α-hetero) is 1. The van der Waals surface area contributed by atoms with Crippen LogP contribution in [0.3, 0.4) is 0 Å². The number of fused-ring (bicyclic) bond motifs is 2. The Hall–Kier alpha value is -0.370. The molecule has 0 heterocycles. The van der Waals surface area contributed by atoms with E-state index in [9.17, 15) is 9.90 Å². The normalized spacial score (nSPS) is 44.9. The van der Waals surface area contributed by atoms with Gasteiger partial charge in [-0.25, -0.2) is 0 Å². The summed E-state index contributed by atoms with van der Waals surface area (Å²) in [7, 11) is 0. The summed E-state index contributed by atoms with van der Waals surface area (Å²) in [5.41, 5.74) is -1.16. The van der Waals surface area contributed by atoms with Crippen LogP contribution in [0, 0.1) is 16.7 Å². The summed E-state index contributed by atoms with van der Waals surface area (Å²) in [5, 5.41) is 10.8. The molecule has 2 aliphatic rings. The number of hydrogen-bond acceptors (Lipinski definition) is 2. The Kier molecular flexibility index (Phi) is 2.51. The third kappa shape index (κ3) is 1.14. The third-order valence-corrected chi connectivity index (χ3v) is 5.83. The largest absolute Gasteiger partial charge is 0.381 e. The quantitative estimate of drug-likeness (QED) is 0.800. The van der Waals surface area contributed by atoms with Crippen LogP contribution in [0.4, 0.5) is 0 Å². The molecule has 16 heavy (non-hydrogen) atoms. The molecule has 0 radical (unpaired) electrons. The molecule has 2 bridgehead atoms. The molecule has 0 unspecified atom stereocenters. The van der Waals surface area contributed by atoms with Crippen molar-refractivity contribution in [2.45, 2.75) is 65.4 Å². The van der Waals surface area contributed by atoms with Crippen molar-refractivity contribution in [3.63, 3.8) is 0 Å². The fourth-order valence-corrected chi connectivity index (χ4v) is 4.13. The predicted molar refractivity (Wildman–Crippen MR) is 64.1 cm³/mol. The molecule has 2 nitrogen and oxygen atoms in total. The van der Waals surface area contributed by atoms with Crippen molar-refractivity contribution in [2.24, 2.45) is 16.7 Å². The van der Waals surface area contributed by atoms with Crippen LogP contribution < -0.4 is 0 Å². The molecular weight excluding hydrogens is 200 g/mol. The van der Waals surface area contributed by atoms with Gasteiger partial charge in [-0.2, -0.15) is 0 Å². The Morgan fingerprint density at radius 2 is 2.00 bits per heavy atom. The molecule has 0 aliphatic heterocycles. The summed E-state index contributed by atoms with van der Waals surface area (Å²) < 4.78 is 0. The first-order valence-electron chi connectivity index (χ1n) is 6.55. The molecule has 2 aliphatic carbocycles. The minimum Gasteiger partial charge on any atom is -0.381 e. The van der Waals surface area contributed by atoms with E-state index >= 15 is 0 Å². The second kappa shape index (κ2) is 3.32. The van der Waals surface area contributed by atoms with E-state index in [1.807, 2.05) is 6.92 Å². The molecular formula is C14H24O2. The standard InChI is InChI=1S/C14H24O2/c1-5-6-11(15)14(16)9-10-7-8-13(14,4)12(10,2)3/h10,16H,5-9H2,1-4H3/t10-,13-,14+/m1/s1. The van der Waals surface area contributed by atoms with Gasteiger partial charge in [0.2, 0.25) is 0 Å². The van der Waals surface area contributed by atoms with E-state index in [1.54, 1.807) is 0 Å². The van der Waals surface area contributed by atoms with Crippen LogP contribution in [-0.2, 0) is 4.79 Å². The number of carbonyl (C=O) groups excluding carboxylic acids is 1. The van der Waals surface area contributed by atoms with E-state index in [2.05, 4.69) is 20.8 Å².